The summed E-state index contributed by atoms with van der Waals surface area (Å²) in [4.78, 5) is 44.1. The molecule has 2 N–H and O–H groups in total. The number of aliphatic hydroxyl groups is 1. The van der Waals surface area contributed by atoms with Crippen molar-refractivity contribution in [2.24, 2.45) is 13.0 Å². The van der Waals surface area contributed by atoms with Crippen LogP contribution in [0.3, 0.4) is 0 Å². The summed E-state index contributed by atoms with van der Waals surface area (Å²) < 4.78 is 9.32. The van der Waals surface area contributed by atoms with Crippen LogP contribution in [0.5, 0.6) is 0 Å². The SMILES string of the molecule is CC(=O)N1CCC[C@@H](Cn2c(-c3cc(C)c(=O)n(C)c3)nc3cc(CNC(C(=O)OC4CCC4)C(C)O)ccc32)C1.Cl. The Hall–Kier alpha value is -3.21. The monoisotopic (exact) mass is 599 g/mol. The van der Waals surface area contributed by atoms with Crippen LogP contribution in [-0.4, -0.2) is 67.3 Å². The Balaban J connectivity index is 0.00000405. The maximum atomic E-state index is 12.7. The van der Waals surface area contributed by atoms with Crippen molar-refractivity contribution in [1.29, 1.82) is 0 Å². The molecule has 2 unspecified atom stereocenters. The van der Waals surface area contributed by atoms with Crippen LogP contribution >= 0.6 is 12.4 Å². The minimum Gasteiger partial charge on any atom is -0.461 e. The molecule has 42 heavy (non-hydrogen) atoms. The summed E-state index contributed by atoms with van der Waals surface area (Å²) in [6, 6.07) is 7.10. The van der Waals surface area contributed by atoms with E-state index < -0.39 is 18.1 Å². The van der Waals surface area contributed by atoms with Crippen molar-refractivity contribution in [1.82, 2.24) is 24.3 Å². The predicted molar refractivity (Wildman–Crippen MR) is 163 cm³/mol. The third-order valence-corrected chi connectivity index (χ3v) is 8.44. The number of esters is 1. The lowest BCUT2D eigenvalue weighted by Crippen LogP contribution is -2.47. The average molecular weight is 600 g/mol. The Labute approximate surface area is 252 Å². The second-order valence-corrected chi connectivity index (χ2v) is 11.8. The summed E-state index contributed by atoms with van der Waals surface area (Å²) in [5.41, 5.74) is 4.15. The summed E-state index contributed by atoms with van der Waals surface area (Å²) in [5.74, 6) is 0.736. The minimum atomic E-state index is -0.893. The zero-order valence-electron chi connectivity index (χ0n) is 24.8. The first-order valence-corrected chi connectivity index (χ1v) is 14.6. The lowest BCUT2D eigenvalue weighted by molar-refractivity contribution is -0.158. The number of aryl methyl sites for hydroxylation is 2. The number of piperidine rings is 1. The smallest absolute Gasteiger partial charge is 0.326 e. The summed E-state index contributed by atoms with van der Waals surface area (Å²) in [6.45, 7) is 7.59. The highest BCUT2D eigenvalue weighted by Crippen LogP contribution is 2.29. The summed E-state index contributed by atoms with van der Waals surface area (Å²) in [5, 5.41) is 13.4. The van der Waals surface area contributed by atoms with Crippen molar-refractivity contribution < 1.29 is 19.4 Å². The molecule has 3 aromatic rings. The van der Waals surface area contributed by atoms with Gasteiger partial charge in [-0.1, -0.05) is 6.07 Å². The molecule has 2 fully saturated rings. The number of pyridine rings is 1. The van der Waals surface area contributed by atoms with E-state index in [2.05, 4.69) is 9.88 Å². The number of amides is 1. The number of carbonyl (C=O) groups is 2. The van der Waals surface area contributed by atoms with Crippen LogP contribution in [0.25, 0.3) is 22.4 Å². The van der Waals surface area contributed by atoms with Gasteiger partial charge in [-0.3, -0.25) is 19.7 Å². The number of aromatic nitrogens is 3. The van der Waals surface area contributed by atoms with Crippen LogP contribution in [0, 0.1) is 12.8 Å². The summed E-state index contributed by atoms with van der Waals surface area (Å²) in [7, 11) is 1.75. The number of ether oxygens (including phenoxy) is 1. The number of hydrogen-bond donors (Lipinski definition) is 2. The molecule has 1 aromatic carbocycles. The number of benzene rings is 1. The molecule has 3 heterocycles. The Kier molecular flexibility index (Phi) is 10.1. The van der Waals surface area contributed by atoms with Crippen LogP contribution in [0.2, 0.25) is 0 Å². The highest BCUT2D eigenvalue weighted by atomic mass is 35.5. The molecule has 2 aromatic heterocycles. The molecule has 0 radical (unpaired) electrons. The van der Waals surface area contributed by atoms with Gasteiger partial charge in [-0.15, -0.1) is 12.4 Å². The van der Waals surface area contributed by atoms with E-state index in [4.69, 9.17) is 9.72 Å². The van der Waals surface area contributed by atoms with Gasteiger partial charge in [-0.25, -0.2) is 4.98 Å². The second-order valence-electron chi connectivity index (χ2n) is 11.8. The molecule has 1 aliphatic carbocycles. The summed E-state index contributed by atoms with van der Waals surface area (Å²) in [6.07, 6.45) is 5.69. The van der Waals surface area contributed by atoms with E-state index in [1.807, 2.05) is 42.3 Å². The van der Waals surface area contributed by atoms with Crippen LogP contribution in [0.15, 0.2) is 35.3 Å². The highest BCUT2D eigenvalue weighted by Gasteiger charge is 2.30. The average Bonchev–Trinajstić information content (AvgIpc) is 3.26. The number of carbonyl (C=O) groups excluding carboxylic acids is 2. The fourth-order valence-corrected chi connectivity index (χ4v) is 5.85. The van der Waals surface area contributed by atoms with E-state index in [1.165, 1.54) is 0 Å². The molecular weight excluding hydrogens is 558 g/mol. The number of fused-ring (bicyclic) bond motifs is 1. The van der Waals surface area contributed by atoms with E-state index in [-0.39, 0.29) is 35.9 Å². The summed E-state index contributed by atoms with van der Waals surface area (Å²) >= 11 is 0. The lowest BCUT2D eigenvalue weighted by Gasteiger charge is -2.32. The third kappa shape index (κ3) is 6.88. The van der Waals surface area contributed by atoms with Gasteiger partial charge in [0.05, 0.1) is 17.1 Å². The standard InChI is InChI=1S/C31H41N5O5.ClH/c1-19-13-24(18-34(4)30(19)39)29-33-26-14-22(15-32-28(20(2)37)31(40)41-25-8-5-9-25)10-11-27(26)36(29)17-23-7-6-12-35(16-23)21(3)38;/h10-11,13-14,18,20,23,25,28,32,37H,5-9,12,15-17H2,1-4H3;1H/t20?,23-,28?;/m1./s1. The maximum Gasteiger partial charge on any atom is 0.326 e. The Morgan fingerprint density at radius 3 is 2.60 bits per heavy atom. The van der Waals surface area contributed by atoms with Gasteiger partial charge < -0.3 is 23.9 Å². The Morgan fingerprint density at radius 2 is 1.95 bits per heavy atom. The Bertz CT molecular complexity index is 1470. The molecule has 1 saturated heterocycles. The van der Waals surface area contributed by atoms with Crippen LogP contribution < -0.4 is 10.9 Å². The first kappa shape index (κ1) is 31.7. The fraction of sp³-hybridized carbons (Fsp3) is 0.548. The largest absolute Gasteiger partial charge is 0.461 e. The highest BCUT2D eigenvalue weighted by molar-refractivity contribution is 5.85. The molecule has 5 rings (SSSR count). The van der Waals surface area contributed by atoms with Crippen molar-refractivity contribution in [3.05, 3.63) is 51.9 Å². The van der Waals surface area contributed by atoms with E-state index in [0.29, 0.717) is 25.2 Å². The number of aliphatic hydroxyl groups excluding tert-OH is 1. The maximum absolute atomic E-state index is 12.7. The van der Waals surface area contributed by atoms with Crippen molar-refractivity contribution in [2.75, 3.05) is 13.1 Å². The van der Waals surface area contributed by atoms with Crippen LogP contribution in [-0.2, 0) is 34.5 Å². The molecule has 11 heteroatoms. The predicted octanol–water partition coefficient (Wildman–Crippen LogP) is 3.33. The molecule has 0 spiro atoms. The molecular formula is C31H42ClN5O5. The number of imidazole rings is 1. The first-order valence-electron chi connectivity index (χ1n) is 14.6. The molecule has 1 saturated carbocycles. The van der Waals surface area contributed by atoms with Gasteiger partial charge in [-0.05, 0) is 75.6 Å². The van der Waals surface area contributed by atoms with Gasteiger partial charge >= 0.3 is 5.97 Å². The van der Waals surface area contributed by atoms with Crippen molar-refractivity contribution in [2.45, 2.75) is 84.2 Å². The van der Waals surface area contributed by atoms with E-state index in [9.17, 15) is 19.5 Å². The molecule has 3 atom stereocenters. The van der Waals surface area contributed by atoms with Crippen LogP contribution in [0.4, 0.5) is 0 Å². The fourth-order valence-electron chi connectivity index (χ4n) is 5.85. The normalized spacial score (nSPS) is 18.7. The van der Waals surface area contributed by atoms with Crippen molar-refractivity contribution in [3.63, 3.8) is 0 Å². The lowest BCUT2D eigenvalue weighted by atomic mass is 9.96. The number of rotatable bonds is 9. The topological polar surface area (TPSA) is 119 Å². The number of nitrogens with zero attached hydrogens (tertiary/aromatic N) is 4. The van der Waals surface area contributed by atoms with Gasteiger partial charge in [0.2, 0.25) is 5.91 Å². The van der Waals surface area contributed by atoms with Gasteiger partial charge in [0, 0.05) is 57.5 Å². The van der Waals surface area contributed by atoms with E-state index in [0.717, 1.165) is 66.6 Å². The van der Waals surface area contributed by atoms with E-state index >= 15 is 0 Å². The molecule has 10 nitrogen and oxygen atoms in total. The molecule has 1 amide bonds. The Morgan fingerprint density at radius 1 is 1.19 bits per heavy atom. The zero-order valence-corrected chi connectivity index (χ0v) is 25.7. The number of hydrogen-bond acceptors (Lipinski definition) is 7. The number of nitrogens with one attached hydrogen (secondary N) is 1. The minimum absolute atomic E-state index is 0. The quantitative estimate of drug-likeness (QED) is 0.362. The molecule has 1 aliphatic heterocycles. The molecule has 228 valence electrons. The van der Waals surface area contributed by atoms with Gasteiger partial charge in [0.15, 0.2) is 0 Å². The van der Waals surface area contributed by atoms with E-state index in [1.54, 1.807) is 25.5 Å². The van der Waals surface area contributed by atoms with Gasteiger partial charge in [0.25, 0.3) is 5.56 Å². The van der Waals surface area contributed by atoms with Gasteiger partial charge in [0.1, 0.15) is 18.0 Å². The van der Waals surface area contributed by atoms with Crippen molar-refractivity contribution in [3.8, 4) is 11.4 Å². The third-order valence-electron chi connectivity index (χ3n) is 8.44. The first-order chi connectivity index (χ1) is 19.6. The molecule has 0 bridgehead atoms. The number of likely N-dealkylation sites (tertiary alicyclic amines) is 1. The van der Waals surface area contributed by atoms with Gasteiger partial charge in [-0.2, -0.15) is 0 Å². The number of halogens is 1. The molecule has 2 aliphatic rings. The zero-order chi connectivity index (χ0) is 29.3. The second kappa shape index (κ2) is 13.4. The van der Waals surface area contributed by atoms with Crippen molar-refractivity contribution >= 4 is 35.3 Å². The van der Waals surface area contributed by atoms with Crippen LogP contribution in [0.1, 0.15) is 57.1 Å².